The number of aromatic nitrogens is 5. The molecule has 0 spiro atoms. The fraction of sp³-hybridized carbons (Fsp3) is 0.172. The quantitative estimate of drug-likeness (QED) is 0.364. The zero-order valence-corrected chi connectivity index (χ0v) is 20.6. The van der Waals surface area contributed by atoms with Crippen LogP contribution in [0.5, 0.6) is 5.75 Å². The lowest BCUT2D eigenvalue weighted by molar-refractivity contribution is -0.119. The van der Waals surface area contributed by atoms with Crippen molar-refractivity contribution in [1.29, 1.82) is 0 Å². The van der Waals surface area contributed by atoms with Gasteiger partial charge < -0.3 is 14.6 Å². The predicted molar refractivity (Wildman–Crippen MR) is 142 cm³/mol. The van der Waals surface area contributed by atoms with Crippen molar-refractivity contribution in [2.24, 2.45) is 0 Å². The topological polar surface area (TPSA) is 86.9 Å². The molecule has 0 saturated carbocycles. The Labute approximate surface area is 214 Å². The molecule has 3 aromatic carbocycles. The lowest BCUT2D eigenvalue weighted by atomic mass is 9.95. The average Bonchev–Trinajstić information content (AvgIpc) is 3.55. The summed E-state index contributed by atoms with van der Waals surface area (Å²) in [4.78, 5) is 17.5. The molecule has 0 fully saturated rings. The molecule has 1 atom stereocenters. The van der Waals surface area contributed by atoms with Crippen LogP contribution in [0.4, 0.5) is 5.69 Å². The summed E-state index contributed by atoms with van der Waals surface area (Å²) in [5, 5.41) is 11.8. The van der Waals surface area contributed by atoms with Crippen molar-refractivity contribution in [3.8, 4) is 33.8 Å². The van der Waals surface area contributed by atoms with Gasteiger partial charge in [-0.1, -0.05) is 53.7 Å². The summed E-state index contributed by atoms with van der Waals surface area (Å²) < 4.78 is 9.23. The molecule has 184 valence electrons. The Morgan fingerprint density at radius 1 is 1.00 bits per heavy atom. The highest BCUT2D eigenvalue weighted by Gasteiger charge is 2.28. The molecule has 0 bridgehead atoms. The SMILES string of the molecule is COc1cc(-c2cn(C3CCc4c(cccc4-c4ccccc4)NC3=O)nn2)ccc1-n1cnc(C)c1. The first kappa shape index (κ1) is 22.7. The molecule has 0 aliphatic carbocycles. The molecule has 3 heterocycles. The molecule has 1 aliphatic rings. The van der Waals surface area contributed by atoms with Crippen LogP contribution in [-0.2, 0) is 11.2 Å². The molecule has 8 nitrogen and oxygen atoms in total. The molecule has 1 aliphatic heterocycles. The minimum atomic E-state index is -0.465. The summed E-state index contributed by atoms with van der Waals surface area (Å²) in [6.07, 6.45) is 6.89. The maximum atomic E-state index is 13.2. The molecular weight excluding hydrogens is 464 g/mol. The number of nitrogens with zero attached hydrogens (tertiary/aromatic N) is 5. The second-order valence-corrected chi connectivity index (χ2v) is 9.13. The summed E-state index contributed by atoms with van der Waals surface area (Å²) in [6.45, 7) is 1.94. The van der Waals surface area contributed by atoms with Crippen molar-refractivity contribution < 1.29 is 9.53 Å². The van der Waals surface area contributed by atoms with Gasteiger partial charge in [0.25, 0.3) is 0 Å². The van der Waals surface area contributed by atoms with Gasteiger partial charge in [0.1, 0.15) is 17.5 Å². The highest BCUT2D eigenvalue weighted by atomic mass is 16.5. The van der Waals surface area contributed by atoms with E-state index < -0.39 is 6.04 Å². The van der Waals surface area contributed by atoms with E-state index in [0.29, 0.717) is 17.9 Å². The fourth-order valence-electron chi connectivity index (χ4n) is 4.91. The van der Waals surface area contributed by atoms with Gasteiger partial charge >= 0.3 is 0 Å². The number of hydrogen-bond donors (Lipinski definition) is 1. The van der Waals surface area contributed by atoms with Crippen molar-refractivity contribution in [2.45, 2.75) is 25.8 Å². The van der Waals surface area contributed by atoms with Crippen molar-refractivity contribution in [3.05, 3.63) is 96.7 Å². The average molecular weight is 491 g/mol. The Kier molecular flexibility index (Phi) is 5.76. The van der Waals surface area contributed by atoms with Crippen LogP contribution >= 0.6 is 0 Å². The minimum Gasteiger partial charge on any atom is -0.495 e. The first-order valence-electron chi connectivity index (χ1n) is 12.2. The second-order valence-electron chi connectivity index (χ2n) is 9.13. The van der Waals surface area contributed by atoms with E-state index in [1.54, 1.807) is 18.1 Å². The summed E-state index contributed by atoms with van der Waals surface area (Å²) in [6, 6.07) is 21.7. The molecular formula is C29H26N6O2. The number of carbonyl (C=O) groups excluding carboxylic acids is 1. The molecule has 37 heavy (non-hydrogen) atoms. The Hall–Kier alpha value is -4.72. The van der Waals surface area contributed by atoms with E-state index in [0.717, 1.165) is 45.7 Å². The first-order valence-corrected chi connectivity index (χ1v) is 12.2. The van der Waals surface area contributed by atoms with E-state index in [1.165, 1.54) is 0 Å². The highest BCUT2D eigenvalue weighted by molar-refractivity contribution is 5.96. The van der Waals surface area contributed by atoms with Gasteiger partial charge in [0.2, 0.25) is 5.91 Å². The van der Waals surface area contributed by atoms with E-state index in [2.05, 4.69) is 38.8 Å². The van der Waals surface area contributed by atoms with Gasteiger partial charge in [-0.25, -0.2) is 9.67 Å². The molecule has 2 aromatic heterocycles. The van der Waals surface area contributed by atoms with E-state index in [4.69, 9.17) is 4.74 Å². The fourth-order valence-corrected chi connectivity index (χ4v) is 4.91. The van der Waals surface area contributed by atoms with Gasteiger partial charge in [0.05, 0.1) is 31.0 Å². The van der Waals surface area contributed by atoms with E-state index in [-0.39, 0.29) is 5.91 Å². The van der Waals surface area contributed by atoms with Crippen LogP contribution in [0, 0.1) is 6.92 Å². The number of hydrogen-bond acceptors (Lipinski definition) is 5. The number of methoxy groups -OCH3 is 1. The van der Waals surface area contributed by atoms with Crippen LogP contribution in [-0.4, -0.2) is 37.6 Å². The van der Waals surface area contributed by atoms with Crippen molar-refractivity contribution >= 4 is 11.6 Å². The highest BCUT2D eigenvalue weighted by Crippen LogP contribution is 2.35. The molecule has 1 amide bonds. The number of rotatable bonds is 5. The van der Waals surface area contributed by atoms with Gasteiger partial charge in [0.15, 0.2) is 0 Å². The molecule has 6 rings (SSSR count). The maximum absolute atomic E-state index is 13.2. The number of aryl methyl sites for hydroxylation is 1. The maximum Gasteiger partial charge on any atom is 0.249 e. The van der Waals surface area contributed by atoms with Gasteiger partial charge in [-0.2, -0.15) is 0 Å². The first-order chi connectivity index (χ1) is 18.1. The molecule has 5 aromatic rings. The van der Waals surface area contributed by atoms with Gasteiger partial charge in [-0.15, -0.1) is 5.10 Å². The van der Waals surface area contributed by atoms with Crippen LogP contribution in [0.3, 0.4) is 0 Å². The number of ether oxygens (including phenoxy) is 1. The van der Waals surface area contributed by atoms with E-state index in [9.17, 15) is 4.79 Å². The number of fused-ring (bicyclic) bond motifs is 1. The summed E-state index contributed by atoms with van der Waals surface area (Å²) >= 11 is 0. The molecule has 1 N–H and O–H groups in total. The van der Waals surface area contributed by atoms with Crippen LogP contribution in [0.15, 0.2) is 85.5 Å². The van der Waals surface area contributed by atoms with E-state index in [1.807, 2.05) is 72.4 Å². The second kappa shape index (κ2) is 9.39. The standard InChI is InChI=1S/C29H26N6O2/c1-19-16-34(18-30-19)26-13-11-21(15-28(26)37-2)25-17-35(33-32-25)27-14-12-23-22(20-7-4-3-5-8-20)9-6-10-24(23)31-29(27)36/h3-11,13,15-18,27H,12,14H2,1-2H3,(H,31,36). The number of amides is 1. The van der Waals surface area contributed by atoms with Gasteiger partial charge in [-0.3, -0.25) is 4.79 Å². The van der Waals surface area contributed by atoms with Crippen LogP contribution < -0.4 is 10.1 Å². The largest absolute Gasteiger partial charge is 0.495 e. The number of benzene rings is 3. The third kappa shape index (κ3) is 4.27. The lowest BCUT2D eigenvalue weighted by Gasteiger charge is -2.13. The van der Waals surface area contributed by atoms with Crippen LogP contribution in [0.25, 0.3) is 28.1 Å². The smallest absolute Gasteiger partial charge is 0.249 e. The summed E-state index contributed by atoms with van der Waals surface area (Å²) in [5.41, 5.74) is 7.60. The number of imidazole rings is 1. The summed E-state index contributed by atoms with van der Waals surface area (Å²) in [5.74, 6) is 0.601. The Morgan fingerprint density at radius 3 is 2.65 bits per heavy atom. The van der Waals surface area contributed by atoms with E-state index >= 15 is 0 Å². The molecule has 0 saturated heterocycles. The number of anilines is 1. The minimum absolute atomic E-state index is 0.0937. The third-order valence-electron chi connectivity index (χ3n) is 6.78. The summed E-state index contributed by atoms with van der Waals surface area (Å²) in [7, 11) is 1.64. The number of nitrogens with one attached hydrogen (secondary N) is 1. The van der Waals surface area contributed by atoms with Gasteiger partial charge in [-0.05, 0) is 54.7 Å². The van der Waals surface area contributed by atoms with Crippen molar-refractivity contribution in [3.63, 3.8) is 0 Å². The zero-order chi connectivity index (χ0) is 25.4. The van der Waals surface area contributed by atoms with Gasteiger partial charge in [0, 0.05) is 17.4 Å². The Balaban J connectivity index is 1.28. The predicted octanol–water partition coefficient (Wildman–Crippen LogP) is 5.24. The number of carbonyl (C=O) groups is 1. The molecule has 0 radical (unpaired) electrons. The molecule has 8 heteroatoms. The Morgan fingerprint density at radius 2 is 1.86 bits per heavy atom. The monoisotopic (exact) mass is 490 g/mol. The zero-order valence-electron chi connectivity index (χ0n) is 20.6. The van der Waals surface area contributed by atoms with Crippen LogP contribution in [0.2, 0.25) is 0 Å². The lowest BCUT2D eigenvalue weighted by Crippen LogP contribution is -2.25. The van der Waals surface area contributed by atoms with Crippen molar-refractivity contribution in [2.75, 3.05) is 12.4 Å². The normalized spacial score (nSPS) is 15.1. The van der Waals surface area contributed by atoms with Crippen molar-refractivity contribution in [1.82, 2.24) is 24.5 Å². The van der Waals surface area contributed by atoms with Crippen LogP contribution in [0.1, 0.15) is 23.7 Å². The third-order valence-corrected chi connectivity index (χ3v) is 6.78. The Bertz CT molecular complexity index is 1590. The molecule has 1 unspecified atom stereocenters.